The third-order valence-corrected chi connectivity index (χ3v) is 6.62. The number of nitrogens with one attached hydrogen (secondary N) is 1. The van der Waals surface area contributed by atoms with Crippen LogP contribution in [0.2, 0.25) is 0 Å². The number of carbonyl (C=O) groups is 1. The molecule has 1 N–H and O–H groups in total. The number of hydrogen-bond acceptors (Lipinski definition) is 6. The summed E-state index contributed by atoms with van der Waals surface area (Å²) >= 11 is 1.24. The Morgan fingerprint density at radius 3 is 2.67 bits per heavy atom. The van der Waals surface area contributed by atoms with Gasteiger partial charge in [0.15, 0.2) is 11.6 Å². The third kappa shape index (κ3) is 5.21. The highest BCUT2D eigenvalue weighted by atomic mass is 32.1. The highest BCUT2D eigenvalue weighted by Crippen LogP contribution is 2.43. The highest BCUT2D eigenvalue weighted by molar-refractivity contribution is 7.20. The van der Waals surface area contributed by atoms with E-state index in [1.165, 1.54) is 18.3 Å². The van der Waals surface area contributed by atoms with Crippen LogP contribution in [0.1, 0.15) is 59.3 Å². The molecule has 2 aliphatic rings. The number of carbonyl (C=O) groups excluding carboxylic acids is 1. The number of rotatable bonds is 8. The van der Waals surface area contributed by atoms with Gasteiger partial charge in [0.25, 0.3) is 5.19 Å². The summed E-state index contributed by atoms with van der Waals surface area (Å²) < 4.78 is 33.3. The van der Waals surface area contributed by atoms with E-state index in [9.17, 15) is 4.79 Å². The minimum absolute atomic E-state index is 0.00641. The van der Waals surface area contributed by atoms with Gasteiger partial charge in [-0.15, -0.1) is 0 Å². The Kier molecular flexibility index (Phi) is 6.16. The van der Waals surface area contributed by atoms with Gasteiger partial charge in [0, 0.05) is 13.0 Å². The fraction of sp³-hybridized carbons (Fsp3) is 0.636. The fourth-order valence-electron chi connectivity index (χ4n) is 3.71. The molecule has 30 heavy (non-hydrogen) atoms. The fourth-order valence-corrected chi connectivity index (χ4v) is 4.68. The number of hydrogen-bond donors (Lipinski definition) is 1. The molecule has 0 saturated heterocycles. The first-order valence-corrected chi connectivity index (χ1v) is 11.5. The van der Waals surface area contributed by atoms with Crippen molar-refractivity contribution >= 4 is 27.5 Å². The summed E-state index contributed by atoms with van der Waals surface area (Å²) in [6.45, 7) is 5.97. The van der Waals surface area contributed by atoms with E-state index in [4.69, 9.17) is 14.2 Å². The quantitative estimate of drug-likeness (QED) is 0.655. The van der Waals surface area contributed by atoms with Crippen molar-refractivity contribution in [2.75, 3.05) is 6.61 Å². The van der Waals surface area contributed by atoms with Crippen molar-refractivity contribution in [3.8, 4) is 10.9 Å². The van der Waals surface area contributed by atoms with Crippen LogP contribution in [-0.2, 0) is 9.53 Å². The molecular weight excluding hydrogens is 407 g/mol. The van der Waals surface area contributed by atoms with Crippen LogP contribution in [0.15, 0.2) is 12.1 Å². The number of fused-ring (bicyclic) bond motifs is 1. The van der Waals surface area contributed by atoms with Crippen LogP contribution in [0.5, 0.6) is 10.9 Å². The standard InChI is InChI=1S/C22H29FN2O4S/c1-13(24-14(2)26)12-27-15-4-6-16(7-5-15)28-18-9-8-17-20(19(18)23)30-21(25-17)29-22(3)10-11-22/h8-9,13,15-16H,4-7,10-12H2,1-3H3,(H,24,26)/t13-,15-,16-/m0/s1. The number of halogens is 1. The molecule has 0 bridgehead atoms. The highest BCUT2D eigenvalue weighted by Gasteiger charge is 2.41. The van der Waals surface area contributed by atoms with Crippen molar-refractivity contribution in [2.45, 2.75) is 83.1 Å². The van der Waals surface area contributed by atoms with Crippen LogP contribution in [0.25, 0.3) is 10.2 Å². The van der Waals surface area contributed by atoms with E-state index < -0.39 is 0 Å². The van der Waals surface area contributed by atoms with Crippen molar-refractivity contribution in [2.24, 2.45) is 0 Å². The van der Waals surface area contributed by atoms with Gasteiger partial charge in [-0.25, -0.2) is 9.37 Å². The van der Waals surface area contributed by atoms with E-state index in [0.29, 0.717) is 22.0 Å². The molecule has 4 rings (SSSR count). The normalized spacial score (nSPS) is 23.7. The molecule has 1 atom stereocenters. The second-order valence-electron chi connectivity index (χ2n) is 8.71. The molecule has 2 aromatic rings. The van der Waals surface area contributed by atoms with E-state index in [1.807, 2.05) is 13.8 Å². The Labute approximate surface area is 180 Å². The van der Waals surface area contributed by atoms with E-state index in [-0.39, 0.29) is 41.3 Å². The maximum atomic E-state index is 15.0. The third-order valence-electron chi connectivity index (χ3n) is 5.68. The van der Waals surface area contributed by atoms with Gasteiger partial charge in [-0.1, -0.05) is 11.3 Å². The first-order chi connectivity index (χ1) is 14.3. The molecule has 2 aliphatic carbocycles. The molecule has 164 valence electrons. The maximum Gasteiger partial charge on any atom is 0.274 e. The summed E-state index contributed by atoms with van der Waals surface area (Å²) in [4.78, 5) is 15.5. The van der Waals surface area contributed by atoms with Gasteiger partial charge in [0.1, 0.15) is 5.60 Å². The molecule has 6 nitrogen and oxygen atoms in total. The first-order valence-electron chi connectivity index (χ1n) is 10.6. The number of benzene rings is 1. The predicted octanol–water partition coefficient (Wildman–Crippen LogP) is 4.60. The molecule has 0 unspecified atom stereocenters. The van der Waals surface area contributed by atoms with Crippen LogP contribution in [0.4, 0.5) is 4.39 Å². The van der Waals surface area contributed by atoms with Crippen molar-refractivity contribution < 1.29 is 23.4 Å². The number of amides is 1. The van der Waals surface area contributed by atoms with Gasteiger partial charge in [-0.2, -0.15) is 0 Å². The van der Waals surface area contributed by atoms with Crippen molar-refractivity contribution in [1.82, 2.24) is 10.3 Å². The molecule has 8 heteroatoms. The lowest BCUT2D eigenvalue weighted by atomic mass is 9.95. The lowest BCUT2D eigenvalue weighted by molar-refractivity contribution is -0.120. The van der Waals surface area contributed by atoms with Crippen LogP contribution in [-0.4, -0.2) is 41.3 Å². The minimum Gasteiger partial charge on any atom is -0.487 e. The molecule has 1 aromatic heterocycles. The topological polar surface area (TPSA) is 69.7 Å². The second kappa shape index (κ2) is 8.67. The SMILES string of the molecule is CC(=O)N[C@@H](C)CO[C@H]1CC[C@H](Oc2ccc3nc(OC4(C)CC4)sc3c2F)CC1. The smallest absolute Gasteiger partial charge is 0.274 e. The van der Waals surface area contributed by atoms with Gasteiger partial charge < -0.3 is 19.5 Å². The molecule has 1 amide bonds. The second-order valence-corrected chi connectivity index (χ2v) is 9.67. The van der Waals surface area contributed by atoms with Crippen LogP contribution in [0, 0.1) is 5.82 Å². The zero-order valence-electron chi connectivity index (χ0n) is 17.7. The maximum absolute atomic E-state index is 15.0. The van der Waals surface area contributed by atoms with Gasteiger partial charge >= 0.3 is 0 Å². The number of nitrogens with zero attached hydrogens (tertiary/aromatic N) is 1. The summed E-state index contributed by atoms with van der Waals surface area (Å²) in [5, 5.41) is 3.34. The summed E-state index contributed by atoms with van der Waals surface area (Å²) in [6, 6.07) is 3.45. The summed E-state index contributed by atoms with van der Waals surface area (Å²) in [7, 11) is 0. The van der Waals surface area contributed by atoms with Gasteiger partial charge in [0.05, 0.1) is 29.0 Å². The van der Waals surface area contributed by atoms with Crippen molar-refractivity contribution in [1.29, 1.82) is 0 Å². The molecule has 0 radical (unpaired) electrons. The van der Waals surface area contributed by atoms with Crippen LogP contribution < -0.4 is 14.8 Å². The molecule has 0 spiro atoms. The molecule has 0 aliphatic heterocycles. The predicted molar refractivity (Wildman–Crippen MR) is 114 cm³/mol. The van der Waals surface area contributed by atoms with E-state index in [0.717, 1.165) is 38.5 Å². The van der Waals surface area contributed by atoms with Crippen molar-refractivity contribution in [3.05, 3.63) is 17.9 Å². The van der Waals surface area contributed by atoms with E-state index >= 15 is 4.39 Å². The zero-order chi connectivity index (χ0) is 21.3. The largest absolute Gasteiger partial charge is 0.487 e. The number of ether oxygens (including phenoxy) is 3. The van der Waals surface area contributed by atoms with E-state index in [2.05, 4.69) is 10.3 Å². The molecule has 2 fully saturated rings. The van der Waals surface area contributed by atoms with E-state index in [1.54, 1.807) is 12.1 Å². The average Bonchev–Trinajstić information content (AvgIpc) is 3.27. The first kappa shape index (κ1) is 21.3. The molecule has 1 aromatic carbocycles. The Morgan fingerprint density at radius 1 is 1.30 bits per heavy atom. The Hall–Kier alpha value is -1.93. The Morgan fingerprint density at radius 2 is 2.00 bits per heavy atom. The minimum atomic E-state index is -0.358. The van der Waals surface area contributed by atoms with Crippen molar-refractivity contribution in [3.63, 3.8) is 0 Å². The lowest BCUT2D eigenvalue weighted by Gasteiger charge is -2.30. The van der Waals surface area contributed by atoms with Gasteiger partial charge in [-0.3, -0.25) is 4.79 Å². The summed E-state index contributed by atoms with van der Waals surface area (Å²) in [5.41, 5.74) is 0.471. The Bertz CT molecular complexity index is 906. The van der Waals surface area contributed by atoms with Crippen LogP contribution >= 0.6 is 11.3 Å². The molecule has 1 heterocycles. The lowest BCUT2D eigenvalue weighted by Crippen LogP contribution is -2.36. The van der Waals surface area contributed by atoms with Crippen LogP contribution in [0.3, 0.4) is 0 Å². The summed E-state index contributed by atoms with van der Waals surface area (Å²) in [6.07, 6.45) is 5.49. The molecule has 2 saturated carbocycles. The summed E-state index contributed by atoms with van der Waals surface area (Å²) in [5.74, 6) is -0.133. The number of thiazole rings is 1. The zero-order valence-corrected chi connectivity index (χ0v) is 18.5. The monoisotopic (exact) mass is 436 g/mol. The average molecular weight is 437 g/mol. The Balaban J connectivity index is 1.30. The molecular formula is C22H29FN2O4S. The van der Waals surface area contributed by atoms with Gasteiger partial charge in [0.2, 0.25) is 5.91 Å². The van der Waals surface area contributed by atoms with Gasteiger partial charge in [-0.05, 0) is 64.5 Å². The number of aromatic nitrogens is 1.